The molecular weight excluding hydrogens is 314 g/mol. The Morgan fingerprint density at radius 2 is 1.72 bits per heavy atom. The molecule has 0 spiro atoms. The summed E-state index contributed by atoms with van der Waals surface area (Å²) in [5.41, 5.74) is 0.873. The van der Waals surface area contributed by atoms with Gasteiger partial charge >= 0.3 is 0 Å². The van der Waals surface area contributed by atoms with Crippen LogP contribution in [0, 0.1) is 0 Å². The van der Waals surface area contributed by atoms with Crippen molar-refractivity contribution in [3.05, 3.63) is 35.9 Å². The molecule has 0 unspecified atom stereocenters. The number of nitrogens with one attached hydrogen (secondary N) is 1. The molecule has 3 aliphatic rings. The normalized spacial score (nSPS) is 23.8. The molecule has 0 bridgehead atoms. The van der Waals surface area contributed by atoms with Gasteiger partial charge in [-0.1, -0.05) is 30.3 Å². The van der Waals surface area contributed by atoms with Gasteiger partial charge < -0.3 is 10.2 Å². The molecule has 5 nitrogen and oxygen atoms in total. The van der Waals surface area contributed by atoms with Gasteiger partial charge in [-0.15, -0.1) is 0 Å². The van der Waals surface area contributed by atoms with Gasteiger partial charge in [-0.2, -0.15) is 0 Å². The third-order valence-corrected chi connectivity index (χ3v) is 5.94. The lowest BCUT2D eigenvalue weighted by Crippen LogP contribution is -2.56. The summed E-state index contributed by atoms with van der Waals surface area (Å²) in [7, 11) is 0. The van der Waals surface area contributed by atoms with Crippen molar-refractivity contribution < 1.29 is 9.59 Å². The number of rotatable bonds is 5. The zero-order valence-electron chi connectivity index (χ0n) is 14.9. The highest BCUT2D eigenvalue weighted by Crippen LogP contribution is 2.49. The average Bonchev–Trinajstić information content (AvgIpc) is 3.56. The van der Waals surface area contributed by atoms with E-state index in [4.69, 9.17) is 0 Å². The van der Waals surface area contributed by atoms with Gasteiger partial charge in [0.1, 0.15) is 0 Å². The first-order valence-corrected chi connectivity index (χ1v) is 9.49. The number of carbonyl (C=O) groups is 2. The first kappa shape index (κ1) is 16.6. The number of nitrogens with zero attached hydrogens (tertiary/aromatic N) is 2. The fraction of sp³-hybridized carbons (Fsp3) is 0.600. The molecule has 1 saturated heterocycles. The van der Waals surface area contributed by atoms with Crippen LogP contribution in [0.1, 0.15) is 38.2 Å². The van der Waals surface area contributed by atoms with E-state index in [-0.39, 0.29) is 23.3 Å². The van der Waals surface area contributed by atoms with E-state index in [1.165, 1.54) is 0 Å². The number of carbonyl (C=O) groups excluding carboxylic acids is 2. The van der Waals surface area contributed by atoms with Crippen LogP contribution < -0.4 is 5.32 Å². The van der Waals surface area contributed by atoms with Crippen molar-refractivity contribution in [2.45, 2.75) is 50.1 Å². The van der Waals surface area contributed by atoms with Crippen LogP contribution in [0.3, 0.4) is 0 Å². The van der Waals surface area contributed by atoms with Crippen LogP contribution in [-0.2, 0) is 15.0 Å². The van der Waals surface area contributed by atoms with Crippen molar-refractivity contribution in [1.82, 2.24) is 15.1 Å². The molecule has 1 atom stereocenters. The Balaban J connectivity index is 1.34. The molecule has 2 saturated carbocycles. The number of hydrogen-bond donors (Lipinski definition) is 1. The minimum atomic E-state index is -0.279. The van der Waals surface area contributed by atoms with Crippen LogP contribution >= 0.6 is 0 Å². The van der Waals surface area contributed by atoms with E-state index in [9.17, 15) is 9.59 Å². The summed E-state index contributed by atoms with van der Waals surface area (Å²) in [6, 6.07) is 10.5. The lowest BCUT2D eigenvalue weighted by Gasteiger charge is -2.39. The molecule has 0 radical (unpaired) electrons. The van der Waals surface area contributed by atoms with Crippen molar-refractivity contribution >= 4 is 11.8 Å². The summed E-state index contributed by atoms with van der Waals surface area (Å²) in [6.07, 6.45) is 4.14. The molecule has 2 aliphatic carbocycles. The fourth-order valence-corrected chi connectivity index (χ4v) is 3.84. The SMILES string of the molecule is C[C@H](C(=O)NC1CC1)N1CCN(C(=O)C2(c3ccccc3)CC2)CC1. The van der Waals surface area contributed by atoms with E-state index in [1.54, 1.807) is 0 Å². The minimum Gasteiger partial charge on any atom is -0.352 e. The lowest BCUT2D eigenvalue weighted by molar-refractivity contribution is -0.136. The van der Waals surface area contributed by atoms with E-state index in [1.807, 2.05) is 30.0 Å². The molecule has 1 aliphatic heterocycles. The second kappa shape index (κ2) is 6.45. The molecule has 1 aromatic carbocycles. The van der Waals surface area contributed by atoms with Crippen molar-refractivity contribution in [2.75, 3.05) is 26.2 Å². The van der Waals surface area contributed by atoms with Gasteiger partial charge in [-0.05, 0) is 38.2 Å². The Labute approximate surface area is 149 Å². The Morgan fingerprint density at radius 3 is 2.28 bits per heavy atom. The van der Waals surface area contributed by atoms with E-state index in [2.05, 4.69) is 22.3 Å². The third kappa shape index (κ3) is 3.30. The predicted octanol–water partition coefficient (Wildman–Crippen LogP) is 1.53. The van der Waals surface area contributed by atoms with Crippen molar-refractivity contribution in [3.8, 4) is 0 Å². The maximum atomic E-state index is 13.1. The summed E-state index contributed by atoms with van der Waals surface area (Å²) >= 11 is 0. The average molecular weight is 341 g/mol. The molecule has 134 valence electrons. The van der Waals surface area contributed by atoms with Gasteiger partial charge in [-0.25, -0.2) is 0 Å². The van der Waals surface area contributed by atoms with Gasteiger partial charge in [0.2, 0.25) is 11.8 Å². The monoisotopic (exact) mass is 341 g/mol. The van der Waals surface area contributed by atoms with Crippen LogP contribution in [0.25, 0.3) is 0 Å². The summed E-state index contributed by atoms with van der Waals surface area (Å²) in [5, 5.41) is 3.08. The standard InChI is InChI=1S/C20H27N3O2/c1-15(18(24)21-17-7-8-17)22-11-13-23(14-12-22)19(25)20(9-10-20)16-5-3-2-4-6-16/h2-6,15,17H,7-14H2,1H3,(H,21,24)/t15-/m1/s1. The van der Waals surface area contributed by atoms with Crippen LogP contribution in [0.15, 0.2) is 30.3 Å². The van der Waals surface area contributed by atoms with E-state index < -0.39 is 0 Å². The third-order valence-electron chi connectivity index (χ3n) is 5.94. The van der Waals surface area contributed by atoms with E-state index in [0.717, 1.165) is 44.3 Å². The summed E-state index contributed by atoms with van der Waals surface area (Å²) in [5.74, 6) is 0.402. The molecule has 5 heteroatoms. The maximum absolute atomic E-state index is 13.1. The molecule has 0 aromatic heterocycles. The molecule has 3 fully saturated rings. The van der Waals surface area contributed by atoms with E-state index >= 15 is 0 Å². The quantitative estimate of drug-likeness (QED) is 0.884. The van der Waals surface area contributed by atoms with Crippen LogP contribution in [0.4, 0.5) is 0 Å². The van der Waals surface area contributed by atoms with Gasteiger partial charge in [0.15, 0.2) is 0 Å². The molecule has 2 amide bonds. The maximum Gasteiger partial charge on any atom is 0.237 e. The largest absolute Gasteiger partial charge is 0.352 e. The molecule has 1 heterocycles. The van der Waals surface area contributed by atoms with Gasteiger partial charge in [-0.3, -0.25) is 14.5 Å². The highest BCUT2D eigenvalue weighted by atomic mass is 16.2. The lowest BCUT2D eigenvalue weighted by atomic mass is 9.94. The summed E-state index contributed by atoms with van der Waals surface area (Å²) < 4.78 is 0. The van der Waals surface area contributed by atoms with Crippen LogP contribution in [0.5, 0.6) is 0 Å². The summed E-state index contributed by atoms with van der Waals surface area (Å²) in [6.45, 7) is 4.95. The first-order valence-electron chi connectivity index (χ1n) is 9.49. The number of amides is 2. The van der Waals surface area contributed by atoms with Crippen molar-refractivity contribution in [3.63, 3.8) is 0 Å². The Kier molecular flexibility index (Phi) is 4.28. The second-order valence-electron chi connectivity index (χ2n) is 7.74. The molecule has 25 heavy (non-hydrogen) atoms. The minimum absolute atomic E-state index is 0.109. The van der Waals surface area contributed by atoms with Crippen molar-refractivity contribution in [2.24, 2.45) is 0 Å². The molecule has 1 N–H and O–H groups in total. The Bertz CT molecular complexity index is 644. The fourth-order valence-electron chi connectivity index (χ4n) is 3.84. The van der Waals surface area contributed by atoms with Gasteiger partial charge in [0.05, 0.1) is 11.5 Å². The van der Waals surface area contributed by atoms with E-state index in [0.29, 0.717) is 19.1 Å². The highest BCUT2D eigenvalue weighted by molar-refractivity contribution is 5.91. The van der Waals surface area contributed by atoms with Crippen LogP contribution in [0.2, 0.25) is 0 Å². The zero-order valence-corrected chi connectivity index (χ0v) is 14.9. The highest BCUT2D eigenvalue weighted by Gasteiger charge is 2.53. The van der Waals surface area contributed by atoms with Gasteiger partial charge in [0, 0.05) is 32.2 Å². The smallest absolute Gasteiger partial charge is 0.237 e. The Hall–Kier alpha value is -1.88. The number of hydrogen-bond acceptors (Lipinski definition) is 3. The van der Waals surface area contributed by atoms with Gasteiger partial charge in [0.25, 0.3) is 0 Å². The van der Waals surface area contributed by atoms with Crippen molar-refractivity contribution in [1.29, 1.82) is 0 Å². The molecular formula is C20H27N3O2. The molecule has 4 rings (SSSR count). The number of benzene rings is 1. The zero-order chi connectivity index (χ0) is 17.4. The van der Waals surface area contributed by atoms with Crippen LogP contribution in [-0.4, -0.2) is 59.9 Å². The second-order valence-corrected chi connectivity index (χ2v) is 7.74. The summed E-state index contributed by atoms with van der Waals surface area (Å²) in [4.78, 5) is 29.5. The Morgan fingerprint density at radius 1 is 1.08 bits per heavy atom. The number of piperazine rings is 1. The first-order chi connectivity index (χ1) is 12.1. The predicted molar refractivity (Wildman–Crippen MR) is 96.1 cm³/mol. The topological polar surface area (TPSA) is 52.7 Å². The molecule has 1 aromatic rings.